The third-order valence-electron chi connectivity index (χ3n) is 4.84. The van der Waals surface area contributed by atoms with Gasteiger partial charge in [-0.25, -0.2) is 0 Å². The van der Waals surface area contributed by atoms with E-state index in [4.69, 9.17) is 8.94 Å². The van der Waals surface area contributed by atoms with E-state index < -0.39 is 0 Å². The predicted molar refractivity (Wildman–Crippen MR) is 101 cm³/mol. The summed E-state index contributed by atoms with van der Waals surface area (Å²) >= 11 is 0. The van der Waals surface area contributed by atoms with Crippen LogP contribution in [-0.2, 0) is 0 Å². The molecule has 138 valence electrons. The molecule has 0 bridgehead atoms. The Morgan fingerprint density at radius 1 is 1.04 bits per heavy atom. The number of aromatic nitrogens is 2. The zero-order chi connectivity index (χ0) is 19.1. The molecule has 28 heavy (non-hydrogen) atoms. The van der Waals surface area contributed by atoms with E-state index in [1.165, 1.54) is 6.07 Å². The van der Waals surface area contributed by atoms with Gasteiger partial charge in [0.2, 0.25) is 11.7 Å². The van der Waals surface area contributed by atoms with Crippen LogP contribution in [0.1, 0.15) is 22.4 Å². The van der Waals surface area contributed by atoms with Crippen molar-refractivity contribution in [3.05, 3.63) is 82.5 Å². The van der Waals surface area contributed by atoms with Gasteiger partial charge in [0.05, 0.1) is 11.3 Å². The van der Waals surface area contributed by atoms with E-state index in [1.54, 1.807) is 29.2 Å². The Balaban J connectivity index is 1.31. The Bertz CT molecular complexity index is 1220. The molecular weight excluding hydrogens is 358 g/mol. The first-order valence-corrected chi connectivity index (χ1v) is 8.90. The lowest BCUT2D eigenvalue weighted by Gasteiger charge is -2.36. The fourth-order valence-corrected chi connectivity index (χ4v) is 3.27. The molecule has 0 radical (unpaired) electrons. The van der Waals surface area contributed by atoms with Crippen LogP contribution in [0.5, 0.6) is 0 Å². The Morgan fingerprint density at radius 3 is 2.61 bits per heavy atom. The summed E-state index contributed by atoms with van der Waals surface area (Å²) in [6.07, 6.45) is 0. The number of rotatable bonds is 3. The van der Waals surface area contributed by atoms with Crippen molar-refractivity contribution in [2.24, 2.45) is 0 Å². The summed E-state index contributed by atoms with van der Waals surface area (Å²) in [7, 11) is 0. The van der Waals surface area contributed by atoms with Gasteiger partial charge < -0.3 is 13.8 Å². The lowest BCUT2D eigenvalue weighted by molar-refractivity contribution is 0.0537. The molecule has 4 aromatic rings. The lowest BCUT2D eigenvalue weighted by Crippen LogP contribution is -2.48. The van der Waals surface area contributed by atoms with E-state index >= 15 is 0 Å². The number of likely N-dealkylation sites (tertiary alicyclic amines) is 1. The van der Waals surface area contributed by atoms with Gasteiger partial charge in [-0.1, -0.05) is 47.6 Å². The molecule has 1 aliphatic heterocycles. The van der Waals surface area contributed by atoms with Crippen molar-refractivity contribution in [3.8, 4) is 11.4 Å². The molecule has 1 fully saturated rings. The highest BCUT2D eigenvalue weighted by Crippen LogP contribution is 2.29. The van der Waals surface area contributed by atoms with Crippen LogP contribution in [0.25, 0.3) is 22.4 Å². The second kappa shape index (κ2) is 6.45. The number of carbonyl (C=O) groups is 1. The van der Waals surface area contributed by atoms with E-state index in [2.05, 4.69) is 10.1 Å². The normalized spacial score (nSPS) is 14.2. The summed E-state index contributed by atoms with van der Waals surface area (Å²) < 4.78 is 11.0. The van der Waals surface area contributed by atoms with Gasteiger partial charge in [-0.2, -0.15) is 4.98 Å². The molecule has 2 aromatic heterocycles. The van der Waals surface area contributed by atoms with Crippen LogP contribution in [0, 0.1) is 0 Å². The Kier molecular flexibility index (Phi) is 3.79. The summed E-state index contributed by atoms with van der Waals surface area (Å²) in [6, 6.07) is 17.7. The fraction of sp³-hybridized carbons (Fsp3) is 0.143. The number of para-hydroxylation sites is 1. The molecule has 0 aliphatic carbocycles. The first kappa shape index (κ1) is 16.4. The summed E-state index contributed by atoms with van der Waals surface area (Å²) in [6.45, 7) is 0.873. The van der Waals surface area contributed by atoms with Crippen LogP contribution in [0.3, 0.4) is 0 Å². The minimum atomic E-state index is -0.318. The highest BCUT2D eigenvalue weighted by atomic mass is 16.5. The maximum Gasteiger partial charge on any atom is 0.289 e. The number of hydrogen-bond donors (Lipinski definition) is 0. The molecule has 0 saturated carbocycles. The Morgan fingerprint density at radius 2 is 1.79 bits per heavy atom. The van der Waals surface area contributed by atoms with E-state index in [9.17, 15) is 9.59 Å². The van der Waals surface area contributed by atoms with Crippen LogP contribution in [0.2, 0.25) is 0 Å². The molecule has 1 amide bonds. The van der Waals surface area contributed by atoms with Crippen molar-refractivity contribution in [3.63, 3.8) is 0 Å². The zero-order valence-corrected chi connectivity index (χ0v) is 14.7. The molecular formula is C21H15N3O4. The van der Waals surface area contributed by atoms with E-state index in [0.29, 0.717) is 35.8 Å². The highest BCUT2D eigenvalue weighted by Gasteiger charge is 2.37. The van der Waals surface area contributed by atoms with Gasteiger partial charge in [0.25, 0.3) is 5.91 Å². The summed E-state index contributed by atoms with van der Waals surface area (Å²) in [4.78, 5) is 30.9. The maximum atomic E-state index is 12.7. The number of nitrogens with zero attached hydrogens (tertiary/aromatic N) is 3. The number of amides is 1. The Labute approximate surface area is 159 Å². The topological polar surface area (TPSA) is 89.4 Å². The summed E-state index contributed by atoms with van der Waals surface area (Å²) in [5.74, 6) is 0.726. The van der Waals surface area contributed by atoms with Crippen LogP contribution in [-0.4, -0.2) is 34.0 Å². The van der Waals surface area contributed by atoms with Crippen LogP contribution >= 0.6 is 0 Å². The van der Waals surface area contributed by atoms with Gasteiger partial charge in [-0.15, -0.1) is 0 Å². The van der Waals surface area contributed by atoms with Crippen molar-refractivity contribution in [1.29, 1.82) is 0 Å². The van der Waals surface area contributed by atoms with Crippen molar-refractivity contribution < 1.29 is 13.7 Å². The monoisotopic (exact) mass is 373 g/mol. The van der Waals surface area contributed by atoms with Crippen LogP contribution < -0.4 is 5.43 Å². The lowest BCUT2D eigenvalue weighted by atomic mass is 9.99. The largest absolute Gasteiger partial charge is 0.451 e. The molecule has 7 heteroatoms. The van der Waals surface area contributed by atoms with Gasteiger partial charge >= 0.3 is 0 Å². The first-order valence-electron chi connectivity index (χ1n) is 8.90. The first-order chi connectivity index (χ1) is 13.7. The molecule has 0 N–H and O–H groups in total. The van der Waals surface area contributed by atoms with E-state index in [1.807, 2.05) is 30.3 Å². The van der Waals surface area contributed by atoms with Gasteiger partial charge in [0.1, 0.15) is 5.58 Å². The van der Waals surface area contributed by atoms with Crippen LogP contribution in [0.15, 0.2) is 74.4 Å². The van der Waals surface area contributed by atoms with Gasteiger partial charge in [-0.05, 0) is 12.1 Å². The molecule has 5 rings (SSSR count). The van der Waals surface area contributed by atoms with Gasteiger partial charge in [-0.3, -0.25) is 9.59 Å². The SMILES string of the molecule is O=C(c1cc(=O)c2ccccc2o1)N1CC(c2nc(-c3ccccc3)no2)C1. The molecule has 2 aromatic carbocycles. The number of fused-ring (bicyclic) bond motifs is 1. The minimum Gasteiger partial charge on any atom is -0.451 e. The smallest absolute Gasteiger partial charge is 0.289 e. The van der Waals surface area contributed by atoms with Crippen molar-refractivity contribution in [2.45, 2.75) is 5.92 Å². The average molecular weight is 373 g/mol. The molecule has 0 atom stereocenters. The third kappa shape index (κ3) is 2.77. The van der Waals surface area contributed by atoms with Crippen molar-refractivity contribution in [1.82, 2.24) is 15.0 Å². The minimum absolute atomic E-state index is 0.0268. The number of carbonyl (C=O) groups excluding carboxylic acids is 1. The second-order valence-corrected chi connectivity index (χ2v) is 6.70. The molecule has 0 unspecified atom stereocenters. The molecule has 0 spiro atoms. The van der Waals surface area contributed by atoms with Gasteiger partial charge in [0, 0.05) is 24.7 Å². The maximum absolute atomic E-state index is 12.7. The molecule has 3 heterocycles. The fourth-order valence-electron chi connectivity index (χ4n) is 3.27. The predicted octanol–water partition coefficient (Wildman–Crippen LogP) is 3.08. The Hall–Kier alpha value is -3.74. The van der Waals surface area contributed by atoms with Crippen molar-refractivity contribution >= 4 is 16.9 Å². The number of benzene rings is 2. The average Bonchev–Trinajstić information content (AvgIpc) is 3.17. The highest BCUT2D eigenvalue weighted by molar-refractivity contribution is 5.93. The summed E-state index contributed by atoms with van der Waals surface area (Å²) in [5, 5.41) is 4.47. The summed E-state index contributed by atoms with van der Waals surface area (Å²) in [5.41, 5.74) is 1.05. The molecule has 1 saturated heterocycles. The molecule has 7 nitrogen and oxygen atoms in total. The molecule has 1 aliphatic rings. The van der Waals surface area contributed by atoms with Gasteiger partial charge in [0.15, 0.2) is 11.2 Å². The van der Waals surface area contributed by atoms with E-state index in [-0.39, 0.29) is 23.0 Å². The van der Waals surface area contributed by atoms with Crippen molar-refractivity contribution in [2.75, 3.05) is 13.1 Å². The third-order valence-corrected chi connectivity index (χ3v) is 4.84. The number of hydrogen-bond acceptors (Lipinski definition) is 6. The second-order valence-electron chi connectivity index (χ2n) is 6.70. The quantitative estimate of drug-likeness (QED) is 0.548. The zero-order valence-electron chi connectivity index (χ0n) is 14.7. The standard InChI is InChI=1S/C21H15N3O4/c25-16-10-18(27-17-9-5-4-8-15(16)17)21(26)24-11-14(12-24)20-22-19(23-28-20)13-6-2-1-3-7-13/h1-10,14H,11-12H2. The van der Waals surface area contributed by atoms with E-state index in [0.717, 1.165) is 5.56 Å². The van der Waals surface area contributed by atoms with Crippen LogP contribution in [0.4, 0.5) is 0 Å².